The molecule has 1 saturated carbocycles. The van der Waals surface area contributed by atoms with Crippen molar-refractivity contribution in [1.29, 1.82) is 0 Å². The molecule has 0 heterocycles. The Labute approximate surface area is 127 Å². The van der Waals surface area contributed by atoms with Gasteiger partial charge in [-0.1, -0.05) is 11.6 Å². The average Bonchev–Trinajstić information content (AvgIpc) is 2.37. The van der Waals surface area contributed by atoms with E-state index in [-0.39, 0.29) is 16.9 Å². The summed E-state index contributed by atoms with van der Waals surface area (Å²) in [6, 6.07) is 3.73. The summed E-state index contributed by atoms with van der Waals surface area (Å²) >= 11 is 5.82. The number of hydrogen-bond acceptors (Lipinski definition) is 3. The molecule has 3 N–H and O–H groups in total. The van der Waals surface area contributed by atoms with E-state index in [1.54, 1.807) is 7.11 Å². The van der Waals surface area contributed by atoms with Gasteiger partial charge in [0.15, 0.2) is 0 Å². The lowest BCUT2D eigenvalue weighted by atomic mass is 9.80. The lowest BCUT2D eigenvalue weighted by Crippen LogP contribution is -2.50. The van der Waals surface area contributed by atoms with E-state index in [0.29, 0.717) is 11.6 Å². The summed E-state index contributed by atoms with van der Waals surface area (Å²) in [7, 11) is 1.62. The van der Waals surface area contributed by atoms with E-state index in [1.165, 1.54) is 18.2 Å². The molecule has 0 unspecified atom stereocenters. The third-order valence-corrected chi connectivity index (χ3v) is 3.96. The molecule has 0 atom stereocenters. The molecule has 1 aromatic carbocycles. The van der Waals surface area contributed by atoms with Gasteiger partial charge in [-0.15, -0.1) is 0 Å². The van der Waals surface area contributed by atoms with E-state index in [2.05, 4.69) is 10.6 Å². The third-order valence-electron chi connectivity index (χ3n) is 3.73. The van der Waals surface area contributed by atoms with Crippen molar-refractivity contribution in [2.45, 2.75) is 24.9 Å². The van der Waals surface area contributed by atoms with Crippen LogP contribution in [-0.4, -0.2) is 36.4 Å². The molecule has 6 nitrogen and oxygen atoms in total. The van der Waals surface area contributed by atoms with Crippen LogP contribution in [0.4, 0.5) is 10.5 Å². The Kier molecular flexibility index (Phi) is 4.69. The number of carboxylic acids is 1. The number of amides is 2. The summed E-state index contributed by atoms with van der Waals surface area (Å²) in [5.74, 6) is -1.13. The first kappa shape index (κ1) is 15.6. The Morgan fingerprint density at radius 1 is 1.43 bits per heavy atom. The highest BCUT2D eigenvalue weighted by atomic mass is 35.5. The van der Waals surface area contributed by atoms with Gasteiger partial charge in [-0.3, -0.25) is 0 Å². The Morgan fingerprint density at radius 2 is 2.14 bits per heavy atom. The Bertz CT molecular complexity index is 552. The summed E-state index contributed by atoms with van der Waals surface area (Å²) in [4.78, 5) is 23.0. The molecule has 0 spiro atoms. The van der Waals surface area contributed by atoms with Crippen molar-refractivity contribution in [2.24, 2.45) is 0 Å². The molecule has 2 rings (SSSR count). The van der Waals surface area contributed by atoms with Crippen LogP contribution >= 0.6 is 11.6 Å². The highest BCUT2D eigenvalue weighted by molar-refractivity contribution is 6.31. The van der Waals surface area contributed by atoms with Crippen LogP contribution in [0.3, 0.4) is 0 Å². The van der Waals surface area contributed by atoms with Crippen molar-refractivity contribution in [3.05, 3.63) is 28.8 Å². The number of rotatable bonds is 5. The first-order chi connectivity index (χ1) is 9.96. The average molecular weight is 313 g/mol. The number of carbonyl (C=O) groups excluding carboxylic acids is 1. The maximum atomic E-state index is 11.9. The second-order valence-corrected chi connectivity index (χ2v) is 5.48. The molecule has 0 saturated heterocycles. The van der Waals surface area contributed by atoms with Crippen molar-refractivity contribution in [3.63, 3.8) is 0 Å². The van der Waals surface area contributed by atoms with E-state index >= 15 is 0 Å². The quantitative estimate of drug-likeness (QED) is 0.780. The highest BCUT2D eigenvalue weighted by Crippen LogP contribution is 2.34. The number of halogens is 1. The Balaban J connectivity index is 1.99. The van der Waals surface area contributed by atoms with E-state index < -0.39 is 12.0 Å². The van der Waals surface area contributed by atoms with Crippen molar-refractivity contribution in [2.75, 3.05) is 19.0 Å². The number of urea groups is 1. The topological polar surface area (TPSA) is 87.7 Å². The third kappa shape index (κ3) is 3.65. The lowest BCUT2D eigenvalue weighted by molar-refractivity contribution is -0.0671. The van der Waals surface area contributed by atoms with Crippen LogP contribution in [0.2, 0.25) is 5.02 Å². The van der Waals surface area contributed by atoms with Gasteiger partial charge in [0.25, 0.3) is 0 Å². The molecule has 1 aromatic rings. The first-order valence-electron chi connectivity index (χ1n) is 6.59. The molecule has 0 aromatic heterocycles. The minimum absolute atomic E-state index is 0.0142. The van der Waals surface area contributed by atoms with Gasteiger partial charge in [0.05, 0.1) is 16.9 Å². The zero-order chi connectivity index (χ0) is 15.5. The van der Waals surface area contributed by atoms with Gasteiger partial charge < -0.3 is 20.5 Å². The molecule has 1 aliphatic rings. The number of ether oxygens (including phenoxy) is 1. The van der Waals surface area contributed by atoms with Crippen LogP contribution in [0.25, 0.3) is 0 Å². The summed E-state index contributed by atoms with van der Waals surface area (Å²) < 4.78 is 5.40. The van der Waals surface area contributed by atoms with Gasteiger partial charge in [0.1, 0.15) is 0 Å². The number of methoxy groups -OCH3 is 1. The molecule has 0 radical (unpaired) electrons. The van der Waals surface area contributed by atoms with Crippen molar-refractivity contribution >= 4 is 29.3 Å². The Hall–Kier alpha value is -1.79. The zero-order valence-electron chi connectivity index (χ0n) is 11.6. The zero-order valence-corrected chi connectivity index (χ0v) is 12.4. The summed E-state index contributed by atoms with van der Waals surface area (Å²) in [5, 5.41) is 14.6. The van der Waals surface area contributed by atoms with Crippen LogP contribution in [0.15, 0.2) is 18.2 Å². The predicted octanol–water partition coefficient (Wildman–Crippen LogP) is 2.73. The number of carbonyl (C=O) groups is 2. The fraction of sp³-hybridized carbons (Fsp3) is 0.429. The van der Waals surface area contributed by atoms with Crippen molar-refractivity contribution < 1.29 is 19.4 Å². The second-order valence-electron chi connectivity index (χ2n) is 5.04. The predicted molar refractivity (Wildman–Crippen MR) is 79.0 cm³/mol. The SMILES string of the molecule is COC1(CNC(=O)Nc2cc(Cl)ccc2C(=O)O)CCC1. The van der Waals surface area contributed by atoms with Crippen molar-refractivity contribution in [1.82, 2.24) is 5.32 Å². The molecular weight excluding hydrogens is 296 g/mol. The van der Waals surface area contributed by atoms with Gasteiger partial charge in [-0.2, -0.15) is 0 Å². The number of anilines is 1. The maximum absolute atomic E-state index is 11.9. The fourth-order valence-corrected chi connectivity index (χ4v) is 2.41. The number of hydrogen-bond donors (Lipinski definition) is 3. The van der Waals surface area contributed by atoms with Crippen LogP contribution in [0.1, 0.15) is 29.6 Å². The minimum Gasteiger partial charge on any atom is -0.478 e. The number of nitrogens with one attached hydrogen (secondary N) is 2. The molecule has 1 aliphatic carbocycles. The van der Waals surface area contributed by atoms with E-state index in [4.69, 9.17) is 21.4 Å². The minimum atomic E-state index is -1.13. The molecule has 0 aliphatic heterocycles. The largest absolute Gasteiger partial charge is 0.478 e. The van der Waals surface area contributed by atoms with Crippen LogP contribution in [0.5, 0.6) is 0 Å². The number of carboxylic acid groups (broad SMARTS) is 1. The van der Waals surface area contributed by atoms with Crippen LogP contribution < -0.4 is 10.6 Å². The van der Waals surface area contributed by atoms with Crippen LogP contribution in [-0.2, 0) is 4.74 Å². The van der Waals surface area contributed by atoms with Gasteiger partial charge in [-0.25, -0.2) is 9.59 Å². The van der Waals surface area contributed by atoms with Crippen LogP contribution in [0, 0.1) is 0 Å². The van der Waals surface area contributed by atoms with Gasteiger partial charge >= 0.3 is 12.0 Å². The van der Waals surface area contributed by atoms with Gasteiger partial charge in [0.2, 0.25) is 0 Å². The second kappa shape index (κ2) is 6.32. The molecule has 1 fully saturated rings. The highest BCUT2D eigenvalue weighted by Gasteiger charge is 2.37. The van der Waals surface area contributed by atoms with Gasteiger partial charge in [0, 0.05) is 18.7 Å². The lowest BCUT2D eigenvalue weighted by Gasteiger charge is -2.40. The molecule has 114 valence electrons. The smallest absolute Gasteiger partial charge is 0.337 e. The normalized spacial score (nSPS) is 15.9. The summed E-state index contributed by atoms with van der Waals surface area (Å²) in [5.41, 5.74) is -0.145. The number of aromatic carboxylic acids is 1. The molecule has 21 heavy (non-hydrogen) atoms. The van der Waals surface area contributed by atoms with Crippen molar-refractivity contribution in [3.8, 4) is 0 Å². The molecule has 7 heteroatoms. The van der Waals surface area contributed by atoms with E-state index in [9.17, 15) is 9.59 Å². The summed E-state index contributed by atoms with van der Waals surface area (Å²) in [6.07, 6.45) is 2.89. The fourth-order valence-electron chi connectivity index (χ4n) is 2.24. The summed E-state index contributed by atoms with van der Waals surface area (Å²) in [6.45, 7) is 0.387. The first-order valence-corrected chi connectivity index (χ1v) is 6.96. The van der Waals surface area contributed by atoms with E-state index in [0.717, 1.165) is 19.3 Å². The molecule has 2 amide bonds. The monoisotopic (exact) mass is 312 g/mol. The molecular formula is C14H17ClN2O4. The van der Waals surface area contributed by atoms with E-state index in [1.807, 2.05) is 0 Å². The van der Waals surface area contributed by atoms with Gasteiger partial charge in [-0.05, 0) is 37.5 Å². The number of benzene rings is 1. The standard InChI is InChI=1S/C14H17ClN2O4/c1-21-14(5-2-6-14)8-16-13(20)17-11-7-9(15)3-4-10(11)12(18)19/h3-4,7H,2,5-6,8H2,1H3,(H,18,19)(H2,16,17,20). The maximum Gasteiger partial charge on any atom is 0.337 e. The molecule has 0 bridgehead atoms. The Morgan fingerprint density at radius 3 is 2.67 bits per heavy atom.